The Bertz CT molecular complexity index is 1320. The minimum Gasteiger partial charge on any atom is -0.494 e. The molecule has 0 amide bonds. The predicted molar refractivity (Wildman–Crippen MR) is 145 cm³/mol. The van der Waals surface area contributed by atoms with E-state index in [0.717, 1.165) is 0 Å². The molecule has 0 saturated carbocycles. The molecule has 14 heteroatoms. The average molecular weight is 549 g/mol. The Kier molecular flexibility index (Phi) is 8.86. The summed E-state index contributed by atoms with van der Waals surface area (Å²) in [7, 11) is 7.05. The number of hydrogen-bond acceptors (Lipinski definition) is 11. The maximum Gasteiger partial charge on any atom is 0.294 e. The van der Waals surface area contributed by atoms with E-state index in [1.807, 2.05) is 19.0 Å². The van der Waals surface area contributed by atoms with Crippen LogP contribution in [-0.4, -0.2) is 71.2 Å². The van der Waals surface area contributed by atoms with Crippen molar-refractivity contribution in [3.05, 3.63) is 57.1 Å². The van der Waals surface area contributed by atoms with E-state index in [2.05, 4.69) is 25.6 Å². The molecule has 3 N–H and O–H groups in total. The SMILES string of the molecule is COc1cc(N(C)CCN(C)C)c([N+](=O)[O-])cc1Nc1ncnc(Nc2ccc(Cl)c(F)c2C(C)(C)O)n1. The largest absolute Gasteiger partial charge is 0.494 e. The summed E-state index contributed by atoms with van der Waals surface area (Å²) in [5.41, 5.74) is -0.898. The molecule has 0 aliphatic rings. The van der Waals surface area contributed by atoms with E-state index < -0.39 is 16.3 Å². The van der Waals surface area contributed by atoms with Crippen LogP contribution in [0.4, 0.5) is 39.0 Å². The molecule has 0 bridgehead atoms. The number of nitro groups is 1. The molecule has 0 unspecified atom stereocenters. The number of aliphatic hydroxyl groups is 1. The molecular formula is C24H30ClFN8O4. The third-order valence-corrected chi connectivity index (χ3v) is 5.85. The minimum absolute atomic E-state index is 0.0308. The molecule has 3 rings (SSSR count). The van der Waals surface area contributed by atoms with Gasteiger partial charge in [-0.25, -0.2) is 14.4 Å². The van der Waals surface area contributed by atoms with Gasteiger partial charge in [-0.05, 0) is 40.1 Å². The summed E-state index contributed by atoms with van der Waals surface area (Å²) >= 11 is 5.91. The number of likely N-dealkylation sites (N-methyl/N-ethyl adjacent to an activating group) is 2. The molecule has 0 spiro atoms. The number of ether oxygens (including phenoxy) is 1. The van der Waals surface area contributed by atoms with E-state index in [1.54, 1.807) is 18.0 Å². The van der Waals surface area contributed by atoms with E-state index in [9.17, 15) is 19.6 Å². The maximum atomic E-state index is 14.7. The normalized spacial score (nSPS) is 11.4. The van der Waals surface area contributed by atoms with Gasteiger partial charge in [-0.1, -0.05) is 11.6 Å². The quantitative estimate of drug-likeness (QED) is 0.233. The van der Waals surface area contributed by atoms with Crippen molar-refractivity contribution in [2.24, 2.45) is 0 Å². The average Bonchev–Trinajstić information content (AvgIpc) is 2.84. The fraction of sp³-hybridized carbons (Fsp3) is 0.375. The summed E-state index contributed by atoms with van der Waals surface area (Å²) in [5, 5.41) is 28.0. The van der Waals surface area contributed by atoms with Crippen LogP contribution in [0.5, 0.6) is 5.75 Å². The summed E-state index contributed by atoms with van der Waals surface area (Å²) in [4.78, 5) is 27.6. The highest BCUT2D eigenvalue weighted by Gasteiger charge is 2.27. The molecule has 38 heavy (non-hydrogen) atoms. The lowest BCUT2D eigenvalue weighted by Crippen LogP contribution is -2.29. The standard InChI is InChI=1S/C24H30ClFN8O4/c1-24(2,35)20-15(8-7-14(25)21(20)26)29-22-27-13-28-23(31-22)30-16-11-18(34(36)37)17(12-19(16)38-6)33(5)10-9-32(3)4/h7-8,11-13,35H,9-10H2,1-6H3,(H2,27,28,29,30,31). The Morgan fingerprint density at radius 3 is 2.32 bits per heavy atom. The topological polar surface area (TPSA) is 142 Å². The van der Waals surface area contributed by atoms with E-state index in [4.69, 9.17) is 16.3 Å². The molecule has 0 radical (unpaired) electrons. The van der Waals surface area contributed by atoms with Gasteiger partial charge in [-0.3, -0.25) is 10.1 Å². The fourth-order valence-corrected chi connectivity index (χ4v) is 3.81. The molecule has 0 aliphatic heterocycles. The van der Waals surface area contributed by atoms with Crippen molar-refractivity contribution in [3.8, 4) is 5.75 Å². The van der Waals surface area contributed by atoms with Crippen molar-refractivity contribution >= 4 is 46.2 Å². The number of halogens is 2. The van der Waals surface area contributed by atoms with Crippen LogP contribution < -0.4 is 20.3 Å². The van der Waals surface area contributed by atoms with Crippen LogP contribution in [0.2, 0.25) is 5.02 Å². The highest BCUT2D eigenvalue weighted by Crippen LogP contribution is 2.39. The second-order valence-electron chi connectivity index (χ2n) is 9.25. The number of anilines is 5. The highest BCUT2D eigenvalue weighted by molar-refractivity contribution is 6.30. The molecule has 0 aliphatic carbocycles. The van der Waals surface area contributed by atoms with Gasteiger partial charge in [0.15, 0.2) is 0 Å². The van der Waals surface area contributed by atoms with Gasteiger partial charge in [-0.2, -0.15) is 4.98 Å². The van der Waals surface area contributed by atoms with Crippen molar-refractivity contribution in [2.45, 2.75) is 19.4 Å². The Balaban J connectivity index is 1.94. The van der Waals surface area contributed by atoms with Gasteiger partial charge in [-0.15, -0.1) is 0 Å². The molecule has 3 aromatic rings. The molecule has 1 aromatic heterocycles. The number of nitro benzene ring substituents is 1. The Hall–Kier alpha value is -3.81. The van der Waals surface area contributed by atoms with Crippen LogP contribution in [0.25, 0.3) is 0 Å². The first-order chi connectivity index (χ1) is 17.8. The molecule has 0 atom stereocenters. The van der Waals surface area contributed by atoms with Crippen molar-refractivity contribution in [3.63, 3.8) is 0 Å². The van der Waals surface area contributed by atoms with Gasteiger partial charge in [0, 0.05) is 37.8 Å². The van der Waals surface area contributed by atoms with Crippen molar-refractivity contribution in [2.75, 3.05) is 56.9 Å². The van der Waals surface area contributed by atoms with Gasteiger partial charge in [0.2, 0.25) is 11.9 Å². The van der Waals surface area contributed by atoms with Gasteiger partial charge in [0.05, 0.1) is 34.0 Å². The van der Waals surface area contributed by atoms with Gasteiger partial charge in [0.1, 0.15) is 23.6 Å². The Morgan fingerprint density at radius 2 is 1.76 bits per heavy atom. The van der Waals surface area contributed by atoms with Crippen LogP contribution >= 0.6 is 11.6 Å². The highest BCUT2D eigenvalue weighted by atomic mass is 35.5. The summed E-state index contributed by atoms with van der Waals surface area (Å²) in [6.07, 6.45) is 1.21. The zero-order chi connectivity index (χ0) is 28.2. The first kappa shape index (κ1) is 28.8. The fourth-order valence-electron chi connectivity index (χ4n) is 3.66. The van der Waals surface area contributed by atoms with Crippen LogP contribution in [0.3, 0.4) is 0 Å². The molecule has 1 heterocycles. The zero-order valence-electron chi connectivity index (χ0n) is 21.9. The summed E-state index contributed by atoms with van der Waals surface area (Å²) in [5.74, 6) is -0.364. The Labute approximate surface area is 224 Å². The van der Waals surface area contributed by atoms with Crippen molar-refractivity contribution in [1.29, 1.82) is 0 Å². The lowest BCUT2D eigenvalue weighted by Gasteiger charge is -2.23. The number of nitrogens with zero attached hydrogens (tertiary/aromatic N) is 6. The zero-order valence-corrected chi connectivity index (χ0v) is 22.7. The minimum atomic E-state index is -1.56. The molecule has 0 saturated heterocycles. The Morgan fingerprint density at radius 1 is 1.13 bits per heavy atom. The van der Waals surface area contributed by atoms with E-state index in [-0.39, 0.29) is 39.5 Å². The van der Waals surface area contributed by atoms with Crippen molar-refractivity contribution < 1.29 is 19.2 Å². The van der Waals surface area contributed by atoms with Crippen LogP contribution in [0.1, 0.15) is 19.4 Å². The van der Waals surface area contributed by atoms with Crippen LogP contribution in [0, 0.1) is 15.9 Å². The lowest BCUT2D eigenvalue weighted by atomic mass is 9.95. The van der Waals surface area contributed by atoms with E-state index in [0.29, 0.717) is 24.5 Å². The monoisotopic (exact) mass is 548 g/mol. The molecule has 12 nitrogen and oxygen atoms in total. The number of methoxy groups -OCH3 is 1. The van der Waals surface area contributed by atoms with E-state index in [1.165, 1.54) is 45.5 Å². The number of aromatic nitrogens is 3. The predicted octanol–water partition coefficient (Wildman–Crippen LogP) is 4.29. The summed E-state index contributed by atoms with van der Waals surface area (Å²) in [6, 6.07) is 5.75. The molecule has 0 fully saturated rings. The van der Waals surface area contributed by atoms with Crippen molar-refractivity contribution in [1.82, 2.24) is 19.9 Å². The molecule has 2 aromatic carbocycles. The first-order valence-corrected chi connectivity index (χ1v) is 11.9. The van der Waals surface area contributed by atoms with Gasteiger partial charge < -0.3 is 30.3 Å². The third kappa shape index (κ3) is 6.73. The number of hydrogen-bond donors (Lipinski definition) is 3. The van der Waals surface area contributed by atoms with Crippen LogP contribution in [0.15, 0.2) is 30.6 Å². The smallest absolute Gasteiger partial charge is 0.294 e. The first-order valence-electron chi connectivity index (χ1n) is 11.5. The van der Waals surface area contributed by atoms with Gasteiger partial charge >= 0.3 is 0 Å². The summed E-state index contributed by atoms with van der Waals surface area (Å²) < 4.78 is 20.2. The maximum absolute atomic E-state index is 14.7. The molecule has 204 valence electrons. The molecular weight excluding hydrogens is 519 g/mol. The second-order valence-corrected chi connectivity index (χ2v) is 9.66. The number of benzene rings is 2. The second kappa shape index (κ2) is 11.7. The van der Waals surface area contributed by atoms with E-state index >= 15 is 0 Å². The number of nitrogens with one attached hydrogen (secondary N) is 2. The lowest BCUT2D eigenvalue weighted by molar-refractivity contribution is -0.384. The summed E-state index contributed by atoms with van der Waals surface area (Å²) in [6.45, 7) is 4.11. The van der Waals surface area contributed by atoms with Gasteiger partial charge in [0.25, 0.3) is 5.69 Å². The number of rotatable bonds is 11. The van der Waals surface area contributed by atoms with Crippen LogP contribution in [-0.2, 0) is 5.60 Å². The third-order valence-electron chi connectivity index (χ3n) is 5.56.